The molecule has 3 aliphatic heterocycles. The quantitative estimate of drug-likeness (QED) is 0.161. The zero-order chi connectivity index (χ0) is 33.9. The Balaban J connectivity index is 1.73. The van der Waals surface area contributed by atoms with Crippen molar-refractivity contribution >= 4 is 45.3 Å². The number of carbonyl (C=O) groups excluding carboxylic acids is 4. The first-order valence-electron chi connectivity index (χ1n) is 16.2. The fourth-order valence-electron chi connectivity index (χ4n) is 7.28. The van der Waals surface area contributed by atoms with Gasteiger partial charge in [-0.2, -0.15) is 0 Å². The minimum Gasteiger partial charge on any atom is -0.460 e. The molecule has 3 amide bonds. The van der Waals surface area contributed by atoms with Crippen LogP contribution >= 0.6 is 15.9 Å². The number of aliphatic hydroxyl groups is 1. The van der Waals surface area contributed by atoms with Crippen molar-refractivity contribution in [3.63, 3.8) is 0 Å². The summed E-state index contributed by atoms with van der Waals surface area (Å²) >= 11 is 3.70. The van der Waals surface area contributed by atoms with Gasteiger partial charge in [0.25, 0.3) is 5.91 Å². The Labute approximate surface area is 280 Å². The Morgan fingerprint density at radius 3 is 2.61 bits per heavy atom. The van der Waals surface area contributed by atoms with Crippen LogP contribution in [0, 0.1) is 31.6 Å². The van der Waals surface area contributed by atoms with Gasteiger partial charge >= 0.3 is 5.97 Å². The molecule has 10 nitrogen and oxygen atoms in total. The number of nitrogens with one attached hydrogen (secondary N) is 1. The molecule has 11 heteroatoms. The highest BCUT2D eigenvalue weighted by Gasteiger charge is 2.77. The van der Waals surface area contributed by atoms with Gasteiger partial charge in [-0.15, -0.1) is 13.2 Å². The Bertz CT molecular complexity index is 1350. The van der Waals surface area contributed by atoms with Crippen molar-refractivity contribution in [1.82, 2.24) is 10.2 Å². The number of anilines is 1. The molecule has 1 aromatic rings. The Kier molecular flexibility index (Phi) is 11.5. The molecule has 1 unspecified atom stereocenters. The third-order valence-electron chi connectivity index (χ3n) is 9.79. The lowest BCUT2D eigenvalue weighted by molar-refractivity contribution is -0.160. The number of nitrogens with zero attached hydrogens (tertiary/aromatic N) is 2. The Morgan fingerprint density at radius 1 is 1.26 bits per heavy atom. The Morgan fingerprint density at radius 2 is 1.98 bits per heavy atom. The van der Waals surface area contributed by atoms with Crippen LogP contribution in [0.2, 0.25) is 0 Å². The number of carbonyl (C=O) groups is 4. The zero-order valence-electron chi connectivity index (χ0n) is 27.5. The van der Waals surface area contributed by atoms with Crippen LogP contribution < -0.4 is 10.2 Å². The van der Waals surface area contributed by atoms with Crippen LogP contribution in [0.3, 0.4) is 0 Å². The number of ether oxygens (including phenoxy) is 2. The number of rotatable bonds is 15. The number of aryl methyl sites for hydroxylation is 2. The maximum absolute atomic E-state index is 14.9. The largest absolute Gasteiger partial charge is 0.460 e. The molecule has 2 bridgehead atoms. The lowest BCUT2D eigenvalue weighted by Crippen LogP contribution is -2.60. The van der Waals surface area contributed by atoms with Crippen molar-refractivity contribution in [3.8, 4) is 0 Å². The molecule has 4 rings (SSSR count). The van der Waals surface area contributed by atoms with Gasteiger partial charge in [-0.1, -0.05) is 60.5 Å². The van der Waals surface area contributed by atoms with Crippen LogP contribution in [0.1, 0.15) is 57.6 Å². The minimum atomic E-state index is -1.32. The van der Waals surface area contributed by atoms with Crippen LogP contribution in [-0.2, 0) is 28.7 Å². The van der Waals surface area contributed by atoms with E-state index in [9.17, 15) is 24.3 Å². The van der Waals surface area contributed by atoms with E-state index in [0.717, 1.165) is 11.1 Å². The molecule has 1 spiro atoms. The van der Waals surface area contributed by atoms with Gasteiger partial charge in [0, 0.05) is 23.5 Å². The molecule has 9 atom stereocenters. The van der Waals surface area contributed by atoms with Crippen LogP contribution in [0.5, 0.6) is 0 Å². The third-order valence-corrected chi connectivity index (χ3v) is 10.6. The smallest absolute Gasteiger partial charge is 0.312 e. The van der Waals surface area contributed by atoms with E-state index in [1.165, 1.54) is 4.90 Å². The number of alkyl halides is 1. The van der Waals surface area contributed by atoms with Crippen molar-refractivity contribution in [2.45, 2.75) is 95.0 Å². The summed E-state index contributed by atoms with van der Waals surface area (Å²) < 4.78 is 12.5. The van der Waals surface area contributed by atoms with Gasteiger partial charge in [-0.25, -0.2) is 0 Å². The minimum absolute atomic E-state index is 0.113. The van der Waals surface area contributed by atoms with Crippen molar-refractivity contribution in [1.29, 1.82) is 0 Å². The molecule has 2 N–H and O–H groups in total. The number of hydrogen-bond acceptors (Lipinski definition) is 7. The molecule has 0 radical (unpaired) electrons. The van der Waals surface area contributed by atoms with Crippen LogP contribution in [-0.4, -0.2) is 88.1 Å². The normalized spacial score (nSPS) is 28.3. The number of fused-ring (bicyclic) bond motifs is 1. The highest BCUT2D eigenvalue weighted by Crippen LogP contribution is 2.61. The van der Waals surface area contributed by atoms with Gasteiger partial charge in [-0.05, 0) is 56.7 Å². The molecule has 0 aromatic heterocycles. The van der Waals surface area contributed by atoms with Gasteiger partial charge < -0.3 is 29.7 Å². The molecule has 252 valence electrons. The van der Waals surface area contributed by atoms with Gasteiger partial charge in [-0.3, -0.25) is 19.2 Å². The van der Waals surface area contributed by atoms with E-state index in [4.69, 9.17) is 9.47 Å². The molecular weight excluding hydrogens is 654 g/mol. The highest BCUT2D eigenvalue weighted by atomic mass is 79.9. The van der Waals surface area contributed by atoms with Crippen molar-refractivity contribution < 1.29 is 33.8 Å². The topological polar surface area (TPSA) is 125 Å². The molecule has 0 saturated carbocycles. The van der Waals surface area contributed by atoms with Crippen molar-refractivity contribution in [3.05, 3.63) is 54.6 Å². The third kappa shape index (κ3) is 6.55. The first kappa shape index (κ1) is 35.8. The number of hydrogen-bond donors (Lipinski definition) is 2. The van der Waals surface area contributed by atoms with E-state index >= 15 is 0 Å². The summed E-state index contributed by atoms with van der Waals surface area (Å²) in [5, 5.41) is 13.4. The lowest BCUT2D eigenvalue weighted by atomic mass is 9.70. The number of amides is 3. The van der Waals surface area contributed by atoms with Crippen LogP contribution in [0.4, 0.5) is 5.69 Å². The fourth-order valence-corrected chi connectivity index (χ4v) is 8.22. The molecule has 46 heavy (non-hydrogen) atoms. The number of esters is 1. The number of allylic oxidation sites excluding steroid dienone is 1. The summed E-state index contributed by atoms with van der Waals surface area (Å²) in [7, 11) is 0. The maximum atomic E-state index is 14.9. The van der Waals surface area contributed by atoms with E-state index in [1.807, 2.05) is 45.9 Å². The standard InChI is InChI=1S/C35H48BrN3O7/c1-8-11-12-27(41)37-18-23(7)45-34(44)28-29-32(42)39(26(19-40)21(5)10-3)31(35(29)17-24(36)30(28)46-35)33(43)38(15-9-2)25-16-20(4)13-14-22(25)6/h8-9,13-14,16,21,23-24,26,28-31,40H,1-2,10-12,15,17-19H2,3-7H3,(H,37,41)/t21-,23-,24?,26-,28-,29+,30-,31-,35+/m0/s1. The monoisotopic (exact) mass is 701 g/mol. The predicted molar refractivity (Wildman–Crippen MR) is 179 cm³/mol. The molecule has 3 heterocycles. The molecular formula is C35H48BrN3O7. The summed E-state index contributed by atoms with van der Waals surface area (Å²) in [6.45, 7) is 16.9. The number of aliphatic hydroxyl groups excluding tert-OH is 1. The van der Waals surface area contributed by atoms with Crippen molar-refractivity contribution in [2.75, 3.05) is 24.6 Å². The fraction of sp³-hybridized carbons (Fsp3) is 0.600. The molecule has 1 aromatic carbocycles. The van der Waals surface area contributed by atoms with E-state index in [0.29, 0.717) is 24.9 Å². The molecule has 3 fully saturated rings. The summed E-state index contributed by atoms with van der Waals surface area (Å²) in [4.78, 5) is 58.4. The average Bonchev–Trinajstić information content (AvgIpc) is 3.62. The summed E-state index contributed by atoms with van der Waals surface area (Å²) in [5.74, 6) is -3.64. The van der Waals surface area contributed by atoms with E-state index in [1.54, 1.807) is 24.0 Å². The highest BCUT2D eigenvalue weighted by molar-refractivity contribution is 9.09. The lowest BCUT2D eigenvalue weighted by Gasteiger charge is -2.41. The zero-order valence-corrected chi connectivity index (χ0v) is 29.1. The summed E-state index contributed by atoms with van der Waals surface area (Å²) in [6.07, 6.45) is 3.75. The number of benzene rings is 1. The number of likely N-dealkylation sites (tertiary alicyclic amines) is 1. The van der Waals surface area contributed by atoms with E-state index in [-0.39, 0.29) is 48.7 Å². The molecule has 0 aliphatic carbocycles. The van der Waals surface area contributed by atoms with Gasteiger partial charge in [0.05, 0.1) is 37.1 Å². The van der Waals surface area contributed by atoms with Gasteiger partial charge in [0.1, 0.15) is 17.7 Å². The van der Waals surface area contributed by atoms with E-state index < -0.39 is 53.6 Å². The molecule has 3 aliphatic rings. The second kappa shape index (κ2) is 14.8. The second-order valence-electron chi connectivity index (χ2n) is 13.0. The van der Waals surface area contributed by atoms with Crippen LogP contribution in [0.25, 0.3) is 0 Å². The second-order valence-corrected chi connectivity index (χ2v) is 14.1. The van der Waals surface area contributed by atoms with Crippen molar-refractivity contribution in [2.24, 2.45) is 17.8 Å². The van der Waals surface area contributed by atoms with Gasteiger partial charge in [0.2, 0.25) is 11.8 Å². The van der Waals surface area contributed by atoms with E-state index in [2.05, 4.69) is 34.4 Å². The molecule has 3 saturated heterocycles. The van der Waals surface area contributed by atoms with Gasteiger partial charge in [0.15, 0.2) is 0 Å². The SMILES string of the molecule is C=CCCC(=O)NC[C@H](C)OC(=O)[C@@H]1[C@H]2O[C@@]3(CC2Br)[C@H](C(=O)N(CC=C)c2cc(C)ccc2C)N([C@@H](CO)[C@@H](C)CC)C(=O)[C@@H]13. The van der Waals surface area contributed by atoms with Crippen LogP contribution in [0.15, 0.2) is 43.5 Å². The summed E-state index contributed by atoms with van der Waals surface area (Å²) in [6, 6.07) is 4.09. The Hall–Kier alpha value is -3.02. The first-order valence-corrected chi connectivity index (χ1v) is 17.1. The number of halogens is 1. The maximum Gasteiger partial charge on any atom is 0.312 e. The summed E-state index contributed by atoms with van der Waals surface area (Å²) in [5.41, 5.74) is 1.23. The first-order chi connectivity index (χ1) is 21.9. The predicted octanol–water partition coefficient (Wildman–Crippen LogP) is 3.99. The average molecular weight is 703 g/mol.